The van der Waals surface area contributed by atoms with E-state index in [0.717, 1.165) is 6.07 Å². The molecule has 0 aliphatic heterocycles. The van der Waals surface area contributed by atoms with E-state index in [0.29, 0.717) is 0 Å². The average Bonchev–Trinajstić information content (AvgIpc) is 2.38. The van der Waals surface area contributed by atoms with Crippen LogP contribution in [0.5, 0.6) is 11.5 Å². The summed E-state index contributed by atoms with van der Waals surface area (Å²) in [6, 6.07) is 9.15. The van der Waals surface area contributed by atoms with Gasteiger partial charge in [0.25, 0.3) is 0 Å². The van der Waals surface area contributed by atoms with Crippen molar-refractivity contribution in [1.82, 2.24) is 0 Å². The second kappa shape index (κ2) is 5.55. The highest BCUT2D eigenvalue weighted by Crippen LogP contribution is 2.35. The van der Waals surface area contributed by atoms with Crippen molar-refractivity contribution in [2.75, 3.05) is 0 Å². The summed E-state index contributed by atoms with van der Waals surface area (Å²) in [5, 5.41) is 20.0. The van der Waals surface area contributed by atoms with Crippen molar-refractivity contribution in [3.8, 4) is 17.6 Å². The molecule has 2 aromatic rings. The molecule has 0 amide bonds. The van der Waals surface area contributed by atoms with Crippen LogP contribution in [0.15, 0.2) is 36.4 Å². The van der Waals surface area contributed by atoms with Gasteiger partial charge < -0.3 is 4.74 Å². The van der Waals surface area contributed by atoms with Crippen LogP contribution in [-0.4, -0.2) is 4.92 Å². The smallest absolute Gasteiger partial charge is 0.311 e. The zero-order valence-corrected chi connectivity index (χ0v) is 10.6. The summed E-state index contributed by atoms with van der Waals surface area (Å²) in [4.78, 5) is 10.2. The van der Waals surface area contributed by atoms with Crippen molar-refractivity contribution in [3.05, 3.63) is 62.9 Å². The largest absolute Gasteiger partial charge is 0.449 e. The Morgan fingerprint density at radius 1 is 1.30 bits per heavy atom. The summed E-state index contributed by atoms with van der Waals surface area (Å²) in [5.74, 6) is -1.04. The van der Waals surface area contributed by atoms with Gasteiger partial charge in [-0.2, -0.15) is 5.26 Å². The Labute approximate surface area is 117 Å². The molecule has 0 fully saturated rings. The molecule has 20 heavy (non-hydrogen) atoms. The number of nitro groups is 1. The van der Waals surface area contributed by atoms with Gasteiger partial charge in [0.1, 0.15) is 23.2 Å². The number of hydrogen-bond acceptors (Lipinski definition) is 4. The predicted octanol–water partition coefficient (Wildman–Crippen LogP) is 4.05. The molecule has 0 bridgehead atoms. The molecule has 0 heterocycles. The Kier molecular flexibility index (Phi) is 3.82. The summed E-state index contributed by atoms with van der Waals surface area (Å²) in [6.45, 7) is 0. The van der Waals surface area contributed by atoms with Crippen LogP contribution >= 0.6 is 11.6 Å². The van der Waals surface area contributed by atoms with Gasteiger partial charge in [-0.25, -0.2) is 4.39 Å². The number of ether oxygens (including phenoxy) is 1. The predicted molar refractivity (Wildman–Crippen MR) is 69.3 cm³/mol. The van der Waals surface area contributed by atoms with Crippen LogP contribution in [0.3, 0.4) is 0 Å². The van der Waals surface area contributed by atoms with Gasteiger partial charge in [0.15, 0.2) is 0 Å². The van der Waals surface area contributed by atoms with Crippen LogP contribution in [0, 0.1) is 27.3 Å². The Morgan fingerprint density at radius 3 is 2.70 bits per heavy atom. The van der Waals surface area contributed by atoms with Crippen LogP contribution in [0.4, 0.5) is 10.1 Å². The number of hydrogen-bond donors (Lipinski definition) is 0. The molecule has 7 heteroatoms. The van der Waals surface area contributed by atoms with Crippen molar-refractivity contribution in [2.45, 2.75) is 0 Å². The number of nitriles is 1. The van der Waals surface area contributed by atoms with Gasteiger partial charge in [0.05, 0.1) is 4.92 Å². The maximum Gasteiger partial charge on any atom is 0.311 e. The zero-order valence-electron chi connectivity index (χ0n) is 9.84. The second-order valence-corrected chi connectivity index (χ2v) is 4.13. The molecular formula is C13H6ClFN2O3. The van der Waals surface area contributed by atoms with E-state index in [1.165, 1.54) is 30.3 Å². The molecule has 5 nitrogen and oxygen atoms in total. The lowest BCUT2D eigenvalue weighted by atomic mass is 10.2. The lowest BCUT2D eigenvalue weighted by Gasteiger charge is -2.08. The average molecular weight is 293 g/mol. The maximum atomic E-state index is 13.4. The second-order valence-electron chi connectivity index (χ2n) is 3.70. The summed E-state index contributed by atoms with van der Waals surface area (Å²) < 4.78 is 18.7. The molecule has 100 valence electrons. The first kappa shape index (κ1) is 13.8. The SMILES string of the molecule is N#Cc1c(F)cccc1Oc1cc(Cl)ccc1[N+](=O)[O-]. The van der Waals surface area contributed by atoms with E-state index in [1.54, 1.807) is 6.07 Å². The van der Waals surface area contributed by atoms with Gasteiger partial charge in [0.2, 0.25) is 5.75 Å². The standard InChI is InChI=1S/C13H6ClFN2O3/c14-8-4-5-11(17(18)19)13(6-8)20-12-3-1-2-10(15)9(12)7-16/h1-6H. The van der Waals surface area contributed by atoms with Gasteiger partial charge >= 0.3 is 5.69 Å². The number of benzene rings is 2. The van der Waals surface area contributed by atoms with E-state index in [1.807, 2.05) is 0 Å². The quantitative estimate of drug-likeness (QED) is 0.631. The highest BCUT2D eigenvalue weighted by molar-refractivity contribution is 6.30. The van der Waals surface area contributed by atoms with Crippen LogP contribution in [0.1, 0.15) is 5.56 Å². The fourth-order valence-corrected chi connectivity index (χ4v) is 1.70. The summed E-state index contributed by atoms with van der Waals surface area (Å²) in [7, 11) is 0. The fourth-order valence-electron chi connectivity index (χ4n) is 1.54. The molecule has 0 saturated heterocycles. The first-order valence-electron chi connectivity index (χ1n) is 5.33. The monoisotopic (exact) mass is 292 g/mol. The van der Waals surface area contributed by atoms with Crippen molar-refractivity contribution in [2.24, 2.45) is 0 Å². The lowest BCUT2D eigenvalue weighted by Crippen LogP contribution is -1.96. The van der Waals surface area contributed by atoms with Gasteiger partial charge in [-0.3, -0.25) is 10.1 Å². The minimum absolute atomic E-state index is 0.113. The highest BCUT2D eigenvalue weighted by Gasteiger charge is 2.18. The van der Waals surface area contributed by atoms with E-state index in [2.05, 4.69) is 0 Å². The van der Waals surface area contributed by atoms with Gasteiger partial charge in [-0.1, -0.05) is 17.7 Å². The molecule has 0 saturated carbocycles. The molecule has 0 aromatic heterocycles. The number of nitrogens with zero attached hydrogens (tertiary/aromatic N) is 2. The van der Waals surface area contributed by atoms with E-state index >= 15 is 0 Å². The van der Waals surface area contributed by atoms with Gasteiger partial charge in [-0.05, 0) is 18.2 Å². The van der Waals surface area contributed by atoms with E-state index in [-0.39, 0.29) is 27.8 Å². The third kappa shape index (κ3) is 2.68. The third-order valence-electron chi connectivity index (χ3n) is 2.43. The molecule has 0 spiro atoms. The van der Waals surface area contributed by atoms with E-state index in [4.69, 9.17) is 21.6 Å². The van der Waals surface area contributed by atoms with Crippen molar-refractivity contribution in [3.63, 3.8) is 0 Å². The Morgan fingerprint density at radius 2 is 2.05 bits per heavy atom. The molecule has 0 radical (unpaired) electrons. The Bertz CT molecular complexity index is 728. The molecule has 2 aromatic carbocycles. The van der Waals surface area contributed by atoms with Gasteiger partial charge in [0, 0.05) is 17.2 Å². The number of nitro benzene ring substituents is 1. The van der Waals surface area contributed by atoms with Crippen LogP contribution < -0.4 is 4.74 Å². The summed E-state index contributed by atoms with van der Waals surface area (Å²) in [5.41, 5.74) is -0.663. The van der Waals surface area contributed by atoms with E-state index < -0.39 is 10.7 Å². The summed E-state index contributed by atoms with van der Waals surface area (Å²) >= 11 is 5.75. The van der Waals surface area contributed by atoms with Gasteiger partial charge in [-0.15, -0.1) is 0 Å². The molecule has 0 atom stereocenters. The van der Waals surface area contributed by atoms with Crippen LogP contribution in [0.25, 0.3) is 0 Å². The Balaban J connectivity index is 2.51. The third-order valence-corrected chi connectivity index (χ3v) is 2.66. The first-order valence-corrected chi connectivity index (χ1v) is 5.71. The molecule has 0 unspecified atom stereocenters. The Hall–Kier alpha value is -2.65. The van der Waals surface area contributed by atoms with E-state index in [9.17, 15) is 14.5 Å². The normalized spacial score (nSPS) is 9.85. The molecule has 0 aliphatic rings. The number of halogens is 2. The maximum absolute atomic E-state index is 13.4. The minimum atomic E-state index is -0.769. The topological polar surface area (TPSA) is 76.2 Å². The fraction of sp³-hybridized carbons (Fsp3) is 0. The summed E-state index contributed by atoms with van der Waals surface area (Å²) in [6.07, 6.45) is 0. The molecular weight excluding hydrogens is 287 g/mol. The number of rotatable bonds is 3. The van der Waals surface area contributed by atoms with Crippen molar-refractivity contribution < 1.29 is 14.1 Å². The highest BCUT2D eigenvalue weighted by atomic mass is 35.5. The first-order chi connectivity index (χ1) is 9.52. The zero-order chi connectivity index (χ0) is 14.7. The van der Waals surface area contributed by atoms with Crippen LogP contribution in [-0.2, 0) is 0 Å². The van der Waals surface area contributed by atoms with Crippen molar-refractivity contribution >= 4 is 17.3 Å². The molecule has 0 aliphatic carbocycles. The van der Waals surface area contributed by atoms with Crippen molar-refractivity contribution in [1.29, 1.82) is 5.26 Å². The molecule has 2 rings (SSSR count). The lowest BCUT2D eigenvalue weighted by molar-refractivity contribution is -0.385. The molecule has 0 N–H and O–H groups in total. The minimum Gasteiger partial charge on any atom is -0.449 e. The van der Waals surface area contributed by atoms with Crippen LogP contribution in [0.2, 0.25) is 5.02 Å².